The van der Waals surface area contributed by atoms with Crippen molar-refractivity contribution in [2.75, 3.05) is 6.61 Å². The van der Waals surface area contributed by atoms with Crippen LogP contribution in [0.25, 0.3) is 0 Å². The van der Waals surface area contributed by atoms with Crippen molar-refractivity contribution in [2.24, 2.45) is 0 Å². The smallest absolute Gasteiger partial charge is 0.199 e. The molecule has 2 nitrogen and oxygen atoms in total. The van der Waals surface area contributed by atoms with Gasteiger partial charge in [-0.25, -0.2) is 0 Å². The van der Waals surface area contributed by atoms with Crippen LogP contribution in [0.1, 0.15) is 24.8 Å². The van der Waals surface area contributed by atoms with Crippen LogP contribution in [-0.4, -0.2) is 12.9 Å². The molecule has 2 rings (SSSR count). The Balaban J connectivity index is 2.05. The fourth-order valence-corrected chi connectivity index (χ4v) is 1.81. The third-order valence-corrected chi connectivity index (χ3v) is 2.57. The molecule has 1 aliphatic rings. The maximum absolute atomic E-state index is 5.46. The van der Waals surface area contributed by atoms with Gasteiger partial charge in [0.25, 0.3) is 0 Å². The van der Waals surface area contributed by atoms with Crippen LogP contribution in [0.4, 0.5) is 0 Å². The summed E-state index contributed by atoms with van der Waals surface area (Å²) < 4.78 is 10.8. The summed E-state index contributed by atoms with van der Waals surface area (Å²) in [4.78, 5) is 0. The minimum absolute atomic E-state index is 0.0924. The first-order chi connectivity index (χ1) is 7.40. The fraction of sp³-hybridized carbons (Fsp3) is 0.385. The Kier molecular flexibility index (Phi) is 3.41. The van der Waals surface area contributed by atoms with E-state index in [1.807, 2.05) is 13.0 Å². The van der Waals surface area contributed by atoms with Crippen molar-refractivity contribution in [3.63, 3.8) is 0 Å². The summed E-state index contributed by atoms with van der Waals surface area (Å²) in [6.07, 6.45) is 4.64. The molecule has 0 radical (unpaired) electrons. The van der Waals surface area contributed by atoms with Crippen LogP contribution in [0.3, 0.4) is 0 Å². The van der Waals surface area contributed by atoms with E-state index in [0.29, 0.717) is 12.5 Å². The molecule has 0 fully saturated rings. The van der Waals surface area contributed by atoms with Crippen LogP contribution in [0.15, 0.2) is 42.7 Å². The highest BCUT2D eigenvalue weighted by molar-refractivity contribution is 5.24. The Labute approximate surface area is 90.5 Å². The van der Waals surface area contributed by atoms with Gasteiger partial charge in [-0.05, 0) is 18.6 Å². The minimum Gasteiger partial charge on any atom is -0.473 e. The van der Waals surface area contributed by atoms with Crippen molar-refractivity contribution in [3.05, 3.63) is 48.2 Å². The zero-order valence-corrected chi connectivity index (χ0v) is 8.93. The van der Waals surface area contributed by atoms with Crippen LogP contribution >= 0.6 is 0 Å². The molecule has 2 heteroatoms. The molecule has 2 atom stereocenters. The standard InChI is InChI=1S/C13H16O2/c1-2-14-13-10-12(8-9-15-13)11-6-4-3-5-7-11/h3-9,12-13H,2,10H2,1H3/t12-,13-/m0/s1. The van der Waals surface area contributed by atoms with Gasteiger partial charge >= 0.3 is 0 Å². The molecule has 15 heavy (non-hydrogen) atoms. The summed E-state index contributed by atoms with van der Waals surface area (Å²) in [7, 11) is 0. The third-order valence-electron chi connectivity index (χ3n) is 2.57. The van der Waals surface area contributed by atoms with Gasteiger partial charge in [-0.15, -0.1) is 0 Å². The van der Waals surface area contributed by atoms with Gasteiger partial charge in [0, 0.05) is 18.9 Å². The molecule has 0 aromatic heterocycles. The zero-order chi connectivity index (χ0) is 10.5. The second-order valence-corrected chi connectivity index (χ2v) is 3.60. The lowest BCUT2D eigenvalue weighted by Gasteiger charge is -2.25. The van der Waals surface area contributed by atoms with Crippen molar-refractivity contribution in [2.45, 2.75) is 25.6 Å². The average molecular weight is 204 g/mol. The first-order valence-corrected chi connectivity index (χ1v) is 5.39. The molecule has 1 aliphatic heterocycles. The Bertz CT molecular complexity index is 319. The number of ether oxygens (including phenoxy) is 2. The van der Waals surface area contributed by atoms with Crippen molar-refractivity contribution in [1.82, 2.24) is 0 Å². The predicted octanol–water partition coefficient (Wildman–Crippen LogP) is 3.07. The number of rotatable bonds is 3. The largest absolute Gasteiger partial charge is 0.473 e. The van der Waals surface area contributed by atoms with Gasteiger partial charge in [-0.3, -0.25) is 0 Å². The molecule has 80 valence electrons. The summed E-state index contributed by atoms with van der Waals surface area (Å²) in [6, 6.07) is 10.4. The summed E-state index contributed by atoms with van der Waals surface area (Å²) in [6.45, 7) is 2.68. The van der Waals surface area contributed by atoms with Gasteiger partial charge in [-0.2, -0.15) is 0 Å². The van der Waals surface area contributed by atoms with E-state index in [2.05, 4.69) is 30.3 Å². The third kappa shape index (κ3) is 2.60. The SMILES string of the molecule is CCO[C@@H]1C[C@@H](c2ccccc2)C=CO1. The fourth-order valence-electron chi connectivity index (χ4n) is 1.81. The maximum Gasteiger partial charge on any atom is 0.199 e. The highest BCUT2D eigenvalue weighted by Gasteiger charge is 2.20. The molecule has 0 N–H and O–H groups in total. The minimum atomic E-state index is -0.0924. The second kappa shape index (κ2) is 4.99. The molecular formula is C13H16O2. The molecule has 0 spiro atoms. The van der Waals surface area contributed by atoms with Crippen LogP contribution in [0.2, 0.25) is 0 Å². The van der Waals surface area contributed by atoms with E-state index >= 15 is 0 Å². The zero-order valence-electron chi connectivity index (χ0n) is 8.93. The normalized spacial score (nSPS) is 24.9. The van der Waals surface area contributed by atoms with Gasteiger partial charge in [0.05, 0.1) is 6.26 Å². The Hall–Kier alpha value is -1.28. The molecule has 0 unspecified atom stereocenters. The predicted molar refractivity (Wildman–Crippen MR) is 59.4 cm³/mol. The quantitative estimate of drug-likeness (QED) is 0.753. The van der Waals surface area contributed by atoms with Crippen molar-refractivity contribution >= 4 is 0 Å². The molecule has 0 amide bonds. The van der Waals surface area contributed by atoms with Crippen LogP contribution in [0.5, 0.6) is 0 Å². The molecule has 1 aromatic carbocycles. The van der Waals surface area contributed by atoms with Gasteiger partial charge < -0.3 is 9.47 Å². The Morgan fingerprint density at radius 3 is 2.87 bits per heavy atom. The van der Waals surface area contributed by atoms with E-state index in [-0.39, 0.29) is 6.29 Å². The second-order valence-electron chi connectivity index (χ2n) is 3.60. The summed E-state index contributed by atoms with van der Waals surface area (Å²) in [5.74, 6) is 0.413. The van der Waals surface area contributed by atoms with E-state index in [1.54, 1.807) is 6.26 Å². The Morgan fingerprint density at radius 1 is 1.33 bits per heavy atom. The van der Waals surface area contributed by atoms with Crippen LogP contribution < -0.4 is 0 Å². The number of hydrogen-bond acceptors (Lipinski definition) is 2. The maximum atomic E-state index is 5.46. The Morgan fingerprint density at radius 2 is 2.13 bits per heavy atom. The van der Waals surface area contributed by atoms with Crippen molar-refractivity contribution < 1.29 is 9.47 Å². The lowest BCUT2D eigenvalue weighted by Crippen LogP contribution is -2.21. The molecule has 0 saturated heterocycles. The highest BCUT2D eigenvalue weighted by Crippen LogP contribution is 2.27. The molecule has 0 bridgehead atoms. The van der Waals surface area contributed by atoms with Gasteiger partial charge in [0.15, 0.2) is 6.29 Å². The van der Waals surface area contributed by atoms with E-state index in [1.165, 1.54) is 5.56 Å². The lowest BCUT2D eigenvalue weighted by molar-refractivity contribution is -0.114. The number of benzene rings is 1. The molecule has 1 aromatic rings. The molecule has 0 saturated carbocycles. The van der Waals surface area contributed by atoms with Crippen molar-refractivity contribution in [1.29, 1.82) is 0 Å². The topological polar surface area (TPSA) is 18.5 Å². The molecular weight excluding hydrogens is 188 g/mol. The summed E-state index contributed by atoms with van der Waals surface area (Å²) >= 11 is 0. The summed E-state index contributed by atoms with van der Waals surface area (Å²) in [5, 5.41) is 0. The lowest BCUT2D eigenvalue weighted by atomic mass is 9.94. The molecule has 0 aliphatic carbocycles. The first kappa shape index (κ1) is 10.2. The van der Waals surface area contributed by atoms with Crippen molar-refractivity contribution in [3.8, 4) is 0 Å². The van der Waals surface area contributed by atoms with E-state index in [9.17, 15) is 0 Å². The number of hydrogen-bond donors (Lipinski definition) is 0. The monoisotopic (exact) mass is 204 g/mol. The van der Waals surface area contributed by atoms with Gasteiger partial charge in [0.2, 0.25) is 0 Å². The molecule has 1 heterocycles. The van der Waals surface area contributed by atoms with E-state index < -0.39 is 0 Å². The van der Waals surface area contributed by atoms with E-state index in [4.69, 9.17) is 9.47 Å². The first-order valence-electron chi connectivity index (χ1n) is 5.39. The number of allylic oxidation sites excluding steroid dienone is 1. The van der Waals surface area contributed by atoms with E-state index in [0.717, 1.165) is 6.42 Å². The highest BCUT2D eigenvalue weighted by atomic mass is 16.7. The van der Waals surface area contributed by atoms with Gasteiger partial charge in [0.1, 0.15) is 0 Å². The van der Waals surface area contributed by atoms with Crippen LogP contribution in [0, 0.1) is 0 Å². The van der Waals surface area contributed by atoms with Gasteiger partial charge in [-0.1, -0.05) is 30.3 Å². The van der Waals surface area contributed by atoms with Crippen LogP contribution in [-0.2, 0) is 9.47 Å². The average Bonchev–Trinajstić information content (AvgIpc) is 2.31. The summed E-state index contributed by atoms with van der Waals surface area (Å²) in [5.41, 5.74) is 1.32.